The first-order valence-corrected chi connectivity index (χ1v) is 12.4. The second kappa shape index (κ2) is 10.1. The quantitative estimate of drug-likeness (QED) is 0.531. The first kappa shape index (κ1) is 23.6. The normalized spacial score (nSPS) is 13.9. The number of benzene rings is 3. The third-order valence-corrected chi connectivity index (χ3v) is 6.89. The number of nitrogens with zero attached hydrogens (tertiary/aromatic N) is 1. The van der Waals surface area contributed by atoms with E-state index in [0.29, 0.717) is 54.7 Å². The van der Waals surface area contributed by atoms with Gasteiger partial charge < -0.3 is 19.7 Å². The van der Waals surface area contributed by atoms with Crippen LogP contribution in [0.4, 0.5) is 17.1 Å². The summed E-state index contributed by atoms with van der Waals surface area (Å²) in [6.45, 7) is 4.04. The number of carbonyl (C=O) groups excluding carboxylic acids is 1. The summed E-state index contributed by atoms with van der Waals surface area (Å²) in [5.74, 6) is 0.0896. The Morgan fingerprint density at radius 1 is 1.00 bits per heavy atom. The summed E-state index contributed by atoms with van der Waals surface area (Å²) in [6, 6.07) is 18.9. The molecule has 0 spiro atoms. The molecule has 1 saturated heterocycles. The number of para-hydroxylation sites is 2. The van der Waals surface area contributed by atoms with E-state index in [1.807, 2.05) is 17.9 Å². The molecular formula is C25H27N3O5S. The summed E-state index contributed by atoms with van der Waals surface area (Å²) >= 11 is 0. The zero-order valence-corrected chi connectivity index (χ0v) is 19.9. The highest BCUT2D eigenvalue weighted by Crippen LogP contribution is 2.33. The van der Waals surface area contributed by atoms with Crippen LogP contribution in [0.1, 0.15) is 15.9 Å². The van der Waals surface area contributed by atoms with Crippen molar-refractivity contribution < 1.29 is 22.7 Å². The standard InChI is InChI=1S/C25H27N3O5S/c1-18-6-5-7-19(16-18)25(29)26-20-10-11-22(28-12-14-33-15-13-28)24(17-20)34(30,31)27-21-8-3-4-9-23(21)32-2/h3-11,16-17,27H,12-15H2,1-2H3,(H,26,29). The molecule has 0 saturated carbocycles. The third kappa shape index (κ3) is 5.32. The van der Waals surface area contributed by atoms with Gasteiger partial charge in [-0.3, -0.25) is 9.52 Å². The predicted octanol–water partition coefficient (Wildman–Crippen LogP) is 3.89. The summed E-state index contributed by atoms with van der Waals surface area (Å²) < 4.78 is 40.5. The lowest BCUT2D eigenvalue weighted by molar-refractivity contribution is 0.102. The lowest BCUT2D eigenvalue weighted by atomic mass is 10.1. The number of ether oxygens (including phenoxy) is 2. The molecule has 2 N–H and O–H groups in total. The minimum atomic E-state index is -4.02. The van der Waals surface area contributed by atoms with E-state index in [-0.39, 0.29) is 10.8 Å². The van der Waals surface area contributed by atoms with Crippen LogP contribution in [0.5, 0.6) is 5.75 Å². The molecule has 0 bridgehead atoms. The number of anilines is 3. The molecule has 34 heavy (non-hydrogen) atoms. The number of hydrogen-bond acceptors (Lipinski definition) is 6. The molecule has 1 amide bonds. The first-order valence-electron chi connectivity index (χ1n) is 10.9. The van der Waals surface area contributed by atoms with Gasteiger partial charge in [0.25, 0.3) is 15.9 Å². The van der Waals surface area contributed by atoms with Crippen LogP contribution in [-0.2, 0) is 14.8 Å². The highest BCUT2D eigenvalue weighted by molar-refractivity contribution is 7.93. The van der Waals surface area contributed by atoms with Crippen LogP contribution in [0.3, 0.4) is 0 Å². The number of nitrogens with one attached hydrogen (secondary N) is 2. The zero-order chi connectivity index (χ0) is 24.1. The van der Waals surface area contributed by atoms with Gasteiger partial charge in [0.15, 0.2) is 0 Å². The van der Waals surface area contributed by atoms with E-state index in [4.69, 9.17) is 9.47 Å². The molecule has 1 heterocycles. The molecule has 0 radical (unpaired) electrons. The number of methoxy groups -OCH3 is 1. The SMILES string of the molecule is COc1ccccc1NS(=O)(=O)c1cc(NC(=O)c2cccc(C)c2)ccc1N1CCOCC1. The number of sulfonamides is 1. The van der Waals surface area contributed by atoms with E-state index < -0.39 is 10.0 Å². The van der Waals surface area contributed by atoms with E-state index >= 15 is 0 Å². The zero-order valence-electron chi connectivity index (χ0n) is 19.1. The lowest BCUT2D eigenvalue weighted by Crippen LogP contribution is -2.37. The molecule has 3 aromatic carbocycles. The Balaban J connectivity index is 1.70. The number of rotatable bonds is 7. The summed E-state index contributed by atoms with van der Waals surface area (Å²) in [5.41, 5.74) is 2.70. The number of morpholine rings is 1. The number of amides is 1. The predicted molar refractivity (Wildman–Crippen MR) is 132 cm³/mol. The average Bonchev–Trinajstić information content (AvgIpc) is 2.84. The van der Waals surface area contributed by atoms with Crippen LogP contribution < -0.4 is 19.7 Å². The van der Waals surface area contributed by atoms with Gasteiger partial charge in [-0.1, -0.05) is 29.8 Å². The maximum absolute atomic E-state index is 13.5. The molecule has 0 aliphatic carbocycles. The molecule has 1 fully saturated rings. The largest absolute Gasteiger partial charge is 0.495 e. The summed E-state index contributed by atoms with van der Waals surface area (Å²) in [4.78, 5) is 14.8. The van der Waals surface area contributed by atoms with Gasteiger partial charge in [0.2, 0.25) is 0 Å². The fourth-order valence-electron chi connectivity index (χ4n) is 3.79. The molecule has 9 heteroatoms. The van der Waals surface area contributed by atoms with Crippen LogP contribution in [0, 0.1) is 6.92 Å². The number of carbonyl (C=O) groups is 1. The smallest absolute Gasteiger partial charge is 0.264 e. The summed E-state index contributed by atoms with van der Waals surface area (Å²) in [7, 11) is -2.54. The van der Waals surface area contributed by atoms with Crippen molar-refractivity contribution >= 4 is 33.0 Å². The van der Waals surface area contributed by atoms with Gasteiger partial charge in [0.05, 0.1) is 31.7 Å². The summed E-state index contributed by atoms with van der Waals surface area (Å²) in [6.07, 6.45) is 0. The Morgan fingerprint density at radius 2 is 1.76 bits per heavy atom. The molecular weight excluding hydrogens is 454 g/mol. The second-order valence-electron chi connectivity index (χ2n) is 7.91. The van der Waals surface area contributed by atoms with Crippen molar-refractivity contribution in [2.24, 2.45) is 0 Å². The van der Waals surface area contributed by atoms with Crippen LogP contribution in [0.25, 0.3) is 0 Å². The highest BCUT2D eigenvalue weighted by atomic mass is 32.2. The van der Waals surface area contributed by atoms with Gasteiger partial charge >= 0.3 is 0 Å². The fraction of sp³-hybridized carbons (Fsp3) is 0.240. The van der Waals surface area contributed by atoms with Gasteiger partial charge in [-0.25, -0.2) is 8.42 Å². The molecule has 3 aromatic rings. The van der Waals surface area contributed by atoms with Crippen LogP contribution in [-0.4, -0.2) is 47.7 Å². The molecule has 0 aromatic heterocycles. The Kier molecular flexibility index (Phi) is 7.04. The van der Waals surface area contributed by atoms with E-state index in [1.54, 1.807) is 54.6 Å². The van der Waals surface area contributed by atoms with E-state index in [1.165, 1.54) is 13.2 Å². The maximum atomic E-state index is 13.5. The van der Waals surface area contributed by atoms with Gasteiger partial charge in [0, 0.05) is 24.3 Å². The molecule has 1 aliphatic rings. The lowest BCUT2D eigenvalue weighted by Gasteiger charge is -2.30. The second-order valence-corrected chi connectivity index (χ2v) is 9.56. The van der Waals surface area contributed by atoms with Gasteiger partial charge in [-0.2, -0.15) is 0 Å². The van der Waals surface area contributed by atoms with Crippen molar-refractivity contribution in [3.05, 3.63) is 77.9 Å². The van der Waals surface area contributed by atoms with E-state index in [2.05, 4.69) is 10.0 Å². The van der Waals surface area contributed by atoms with E-state index in [9.17, 15) is 13.2 Å². The monoisotopic (exact) mass is 481 g/mol. The summed E-state index contributed by atoms with van der Waals surface area (Å²) in [5, 5.41) is 2.82. The van der Waals surface area contributed by atoms with Crippen molar-refractivity contribution in [2.45, 2.75) is 11.8 Å². The molecule has 1 aliphatic heterocycles. The third-order valence-electron chi connectivity index (χ3n) is 5.49. The fourth-order valence-corrected chi connectivity index (χ4v) is 5.11. The van der Waals surface area contributed by atoms with Crippen molar-refractivity contribution in [3.8, 4) is 5.75 Å². The van der Waals surface area contributed by atoms with Crippen LogP contribution in [0.15, 0.2) is 71.6 Å². The van der Waals surface area contributed by atoms with Crippen molar-refractivity contribution in [2.75, 3.05) is 48.4 Å². The molecule has 8 nitrogen and oxygen atoms in total. The topological polar surface area (TPSA) is 97.0 Å². The Hall–Kier alpha value is -3.56. The maximum Gasteiger partial charge on any atom is 0.264 e. The Labute approximate surface area is 199 Å². The van der Waals surface area contributed by atoms with Crippen molar-refractivity contribution in [1.29, 1.82) is 0 Å². The molecule has 0 unspecified atom stereocenters. The minimum absolute atomic E-state index is 0.0577. The van der Waals surface area contributed by atoms with Gasteiger partial charge in [-0.05, 0) is 49.4 Å². The highest BCUT2D eigenvalue weighted by Gasteiger charge is 2.25. The van der Waals surface area contributed by atoms with Gasteiger partial charge in [-0.15, -0.1) is 0 Å². The first-order chi connectivity index (χ1) is 16.4. The van der Waals surface area contributed by atoms with Crippen LogP contribution >= 0.6 is 0 Å². The van der Waals surface area contributed by atoms with Gasteiger partial charge in [0.1, 0.15) is 10.6 Å². The van der Waals surface area contributed by atoms with Crippen molar-refractivity contribution in [1.82, 2.24) is 0 Å². The average molecular weight is 482 g/mol. The van der Waals surface area contributed by atoms with E-state index in [0.717, 1.165) is 5.56 Å². The minimum Gasteiger partial charge on any atom is -0.495 e. The number of hydrogen-bond donors (Lipinski definition) is 2. The molecule has 4 rings (SSSR count). The Bertz CT molecular complexity index is 1290. The molecule has 178 valence electrons. The molecule has 0 atom stereocenters. The van der Waals surface area contributed by atoms with Crippen LogP contribution in [0.2, 0.25) is 0 Å². The number of aryl methyl sites for hydroxylation is 1. The van der Waals surface area contributed by atoms with Crippen molar-refractivity contribution in [3.63, 3.8) is 0 Å². The Morgan fingerprint density at radius 3 is 2.50 bits per heavy atom.